The largest absolute Gasteiger partial charge is 0.394 e. The summed E-state index contributed by atoms with van der Waals surface area (Å²) >= 11 is 0. The fraction of sp³-hybridized carbons (Fsp3) is 0.887. The Morgan fingerprint density at radius 2 is 0.621 bits per heavy atom. The molecule has 390 valence electrons. The highest BCUT2D eigenvalue weighted by Crippen LogP contribution is 2.18. The molecule has 0 aromatic heterocycles. The second-order valence-electron chi connectivity index (χ2n) is 20.8. The topological polar surface area (TPSA) is 69.6 Å². The standard InChI is InChI=1S/C62H119NO3/c1-3-5-7-9-11-13-15-17-19-21-23-25-27-29-31-33-35-37-39-41-43-45-47-49-51-53-55-57-61(65)60(59-64)63-62(66)58-56-54-52-50-48-46-44-42-40-38-36-34-32-30-28-26-24-22-20-18-16-14-12-10-8-6-4-2/h16,18,22,24,28,30,60-61,64-65H,3-15,17,19-21,23,25-27,29,31-59H2,1-2H3,(H,63,66)/b18-16-,24-22-,30-28-. The number of aliphatic hydroxyl groups excluding tert-OH is 2. The van der Waals surface area contributed by atoms with E-state index in [0.29, 0.717) is 12.8 Å². The first kappa shape index (κ1) is 64.6. The van der Waals surface area contributed by atoms with Gasteiger partial charge in [0.05, 0.1) is 18.8 Å². The minimum Gasteiger partial charge on any atom is -0.394 e. The first-order valence-corrected chi connectivity index (χ1v) is 30.2. The zero-order valence-electron chi connectivity index (χ0n) is 45.0. The summed E-state index contributed by atoms with van der Waals surface area (Å²) in [5.74, 6) is -0.0288. The molecule has 0 fully saturated rings. The van der Waals surface area contributed by atoms with Crippen molar-refractivity contribution in [2.24, 2.45) is 0 Å². The number of carbonyl (C=O) groups excluding carboxylic acids is 1. The Labute approximate surface area is 414 Å². The van der Waals surface area contributed by atoms with Gasteiger partial charge in [-0.1, -0.05) is 314 Å². The molecule has 4 heteroatoms. The number of aliphatic hydroxyl groups is 2. The molecule has 66 heavy (non-hydrogen) atoms. The van der Waals surface area contributed by atoms with Crippen molar-refractivity contribution in [3.63, 3.8) is 0 Å². The molecule has 3 N–H and O–H groups in total. The van der Waals surface area contributed by atoms with Gasteiger partial charge >= 0.3 is 0 Å². The van der Waals surface area contributed by atoms with Crippen LogP contribution in [0.4, 0.5) is 0 Å². The van der Waals surface area contributed by atoms with E-state index in [0.717, 1.165) is 38.5 Å². The average molecular weight is 927 g/mol. The molecule has 0 rings (SSSR count). The summed E-state index contributed by atoms with van der Waals surface area (Å²) in [6.45, 7) is 4.38. The second-order valence-corrected chi connectivity index (χ2v) is 20.8. The number of hydrogen-bond acceptors (Lipinski definition) is 3. The van der Waals surface area contributed by atoms with E-state index < -0.39 is 12.1 Å². The van der Waals surface area contributed by atoms with E-state index in [1.54, 1.807) is 0 Å². The summed E-state index contributed by atoms with van der Waals surface area (Å²) in [6, 6.07) is -0.539. The Kier molecular flexibility index (Phi) is 56.7. The molecule has 0 aromatic rings. The lowest BCUT2D eigenvalue weighted by molar-refractivity contribution is -0.123. The fourth-order valence-electron chi connectivity index (χ4n) is 9.55. The second kappa shape index (κ2) is 57.9. The molecule has 0 bridgehead atoms. The summed E-state index contributed by atoms with van der Waals surface area (Å²) in [4.78, 5) is 12.5. The van der Waals surface area contributed by atoms with Gasteiger partial charge in [-0.25, -0.2) is 0 Å². The van der Waals surface area contributed by atoms with E-state index in [1.807, 2.05) is 0 Å². The van der Waals surface area contributed by atoms with E-state index in [-0.39, 0.29) is 12.5 Å². The lowest BCUT2D eigenvalue weighted by Crippen LogP contribution is -2.45. The van der Waals surface area contributed by atoms with Crippen molar-refractivity contribution in [2.75, 3.05) is 6.61 Å². The number of allylic oxidation sites excluding steroid dienone is 6. The maximum atomic E-state index is 12.5. The van der Waals surface area contributed by atoms with E-state index in [9.17, 15) is 15.0 Å². The monoisotopic (exact) mass is 926 g/mol. The minimum absolute atomic E-state index is 0.0288. The first-order valence-electron chi connectivity index (χ1n) is 30.2. The molecule has 1 amide bonds. The van der Waals surface area contributed by atoms with Crippen molar-refractivity contribution in [3.05, 3.63) is 36.5 Å². The maximum absolute atomic E-state index is 12.5. The van der Waals surface area contributed by atoms with Crippen molar-refractivity contribution in [1.29, 1.82) is 0 Å². The molecule has 0 aliphatic carbocycles. The van der Waals surface area contributed by atoms with Gasteiger partial charge in [-0.2, -0.15) is 0 Å². The SMILES string of the molecule is CCCCCCC/C=C\C/C=C\C/C=C\CCCCCCCCCCCCCCC(=O)NC(CO)C(O)CCCCCCCCCCCCCCCCCCCCCCCCCCCCC. The zero-order valence-corrected chi connectivity index (χ0v) is 45.0. The van der Waals surface area contributed by atoms with Gasteiger partial charge in [0.1, 0.15) is 0 Å². The van der Waals surface area contributed by atoms with Gasteiger partial charge in [-0.15, -0.1) is 0 Å². The third kappa shape index (κ3) is 53.6. The van der Waals surface area contributed by atoms with Crippen LogP contribution in [-0.4, -0.2) is 34.9 Å². The number of unbranched alkanes of at least 4 members (excludes halogenated alkanes) is 43. The molecular formula is C62H119NO3. The summed E-state index contributed by atoms with van der Waals surface area (Å²) in [5, 5.41) is 23.4. The number of rotatable bonds is 56. The number of carbonyl (C=O) groups is 1. The fourth-order valence-corrected chi connectivity index (χ4v) is 9.55. The van der Waals surface area contributed by atoms with Crippen LogP contribution in [0.2, 0.25) is 0 Å². The molecule has 0 aromatic carbocycles. The van der Waals surface area contributed by atoms with Crippen LogP contribution in [0.15, 0.2) is 36.5 Å². The van der Waals surface area contributed by atoms with Gasteiger partial charge in [0.2, 0.25) is 5.91 Å². The lowest BCUT2D eigenvalue weighted by atomic mass is 10.0. The van der Waals surface area contributed by atoms with Crippen molar-refractivity contribution in [2.45, 2.75) is 347 Å². The van der Waals surface area contributed by atoms with Crippen LogP contribution in [0.3, 0.4) is 0 Å². The van der Waals surface area contributed by atoms with E-state index in [1.165, 1.54) is 270 Å². The normalized spacial score (nSPS) is 13.0. The molecule has 4 nitrogen and oxygen atoms in total. The Bertz CT molecular complexity index is 1010. The van der Waals surface area contributed by atoms with Crippen molar-refractivity contribution in [3.8, 4) is 0 Å². The zero-order chi connectivity index (χ0) is 47.7. The highest BCUT2D eigenvalue weighted by Gasteiger charge is 2.20. The highest BCUT2D eigenvalue weighted by atomic mass is 16.3. The molecule has 0 saturated heterocycles. The van der Waals surface area contributed by atoms with Gasteiger partial charge < -0.3 is 15.5 Å². The van der Waals surface area contributed by atoms with Crippen LogP contribution in [0.1, 0.15) is 335 Å². The van der Waals surface area contributed by atoms with Gasteiger partial charge in [0.15, 0.2) is 0 Å². The lowest BCUT2D eigenvalue weighted by Gasteiger charge is -2.22. The van der Waals surface area contributed by atoms with Crippen LogP contribution >= 0.6 is 0 Å². The minimum atomic E-state index is -0.662. The van der Waals surface area contributed by atoms with E-state index in [4.69, 9.17) is 0 Å². The van der Waals surface area contributed by atoms with Crippen molar-refractivity contribution < 1.29 is 15.0 Å². The Morgan fingerprint density at radius 1 is 0.364 bits per heavy atom. The molecule has 0 aliphatic heterocycles. The quantitative estimate of drug-likeness (QED) is 0.0420. The van der Waals surface area contributed by atoms with Crippen LogP contribution in [-0.2, 0) is 4.79 Å². The molecule has 2 atom stereocenters. The number of amides is 1. The molecule has 2 unspecified atom stereocenters. The van der Waals surface area contributed by atoms with Crippen LogP contribution in [0.25, 0.3) is 0 Å². The van der Waals surface area contributed by atoms with E-state index in [2.05, 4.69) is 55.6 Å². The van der Waals surface area contributed by atoms with Crippen LogP contribution in [0.5, 0.6) is 0 Å². The maximum Gasteiger partial charge on any atom is 0.220 e. The van der Waals surface area contributed by atoms with Gasteiger partial charge in [-0.3, -0.25) is 4.79 Å². The Balaban J connectivity index is 3.44. The molecule has 0 radical (unpaired) electrons. The summed E-state index contributed by atoms with van der Waals surface area (Å²) < 4.78 is 0. The van der Waals surface area contributed by atoms with Crippen LogP contribution < -0.4 is 5.32 Å². The first-order chi connectivity index (χ1) is 32.7. The predicted octanol–water partition coefficient (Wildman–Crippen LogP) is 20.0. The summed E-state index contributed by atoms with van der Waals surface area (Å²) in [6.07, 6.45) is 78.6. The molecule has 0 spiro atoms. The molecule has 0 heterocycles. The van der Waals surface area contributed by atoms with Crippen molar-refractivity contribution >= 4 is 5.91 Å². The third-order valence-electron chi connectivity index (χ3n) is 14.2. The Morgan fingerprint density at radius 3 is 0.924 bits per heavy atom. The smallest absolute Gasteiger partial charge is 0.220 e. The average Bonchev–Trinajstić information content (AvgIpc) is 3.32. The summed E-state index contributed by atoms with van der Waals surface area (Å²) in [7, 11) is 0. The van der Waals surface area contributed by atoms with Gasteiger partial charge in [-0.05, 0) is 51.4 Å². The van der Waals surface area contributed by atoms with E-state index >= 15 is 0 Å². The molecule has 0 saturated carbocycles. The van der Waals surface area contributed by atoms with Gasteiger partial charge in [0.25, 0.3) is 0 Å². The molecule has 0 aliphatic rings. The van der Waals surface area contributed by atoms with Gasteiger partial charge in [0, 0.05) is 6.42 Å². The third-order valence-corrected chi connectivity index (χ3v) is 14.2. The van der Waals surface area contributed by atoms with Crippen LogP contribution in [0, 0.1) is 0 Å². The highest BCUT2D eigenvalue weighted by molar-refractivity contribution is 5.76. The predicted molar refractivity (Wildman–Crippen MR) is 295 cm³/mol. The number of hydrogen-bond donors (Lipinski definition) is 3. The Hall–Kier alpha value is -1.39. The molecular weight excluding hydrogens is 807 g/mol. The number of nitrogens with one attached hydrogen (secondary N) is 1. The summed E-state index contributed by atoms with van der Waals surface area (Å²) in [5.41, 5.74) is 0. The van der Waals surface area contributed by atoms with Crippen molar-refractivity contribution in [1.82, 2.24) is 5.32 Å².